The average Bonchev–Trinajstić information content (AvgIpc) is 2.36. The van der Waals surface area contributed by atoms with Gasteiger partial charge in [-0.3, -0.25) is 10.4 Å². The molecule has 0 aliphatic carbocycles. The zero-order chi connectivity index (χ0) is 8.27. The number of hydrazine groups is 3. The van der Waals surface area contributed by atoms with Gasteiger partial charge in [0.2, 0.25) is 5.96 Å². The molecule has 0 bridgehead atoms. The van der Waals surface area contributed by atoms with Gasteiger partial charge in [-0.2, -0.15) is 0 Å². The van der Waals surface area contributed by atoms with Gasteiger partial charge in [0.15, 0.2) is 0 Å². The summed E-state index contributed by atoms with van der Waals surface area (Å²) >= 11 is 0. The number of nitrogens with two attached hydrogens (primary N) is 1. The lowest BCUT2D eigenvalue weighted by molar-refractivity contribution is 0.226. The smallest absolute Gasteiger partial charge is 0.249 e. The molecule has 1 aliphatic heterocycles. The fraction of sp³-hybridized carbons (Fsp3) is 0.400. The largest absolute Gasteiger partial charge is 0.267 e. The molecule has 60 valence electrons. The van der Waals surface area contributed by atoms with Crippen LogP contribution in [0.1, 0.15) is 0 Å². The van der Waals surface area contributed by atoms with E-state index in [1.54, 1.807) is 12.2 Å². The molecule has 1 heterocycles. The van der Waals surface area contributed by atoms with E-state index in [9.17, 15) is 0 Å². The molecule has 6 heteroatoms. The third-order valence-electron chi connectivity index (χ3n) is 1.11. The summed E-state index contributed by atoms with van der Waals surface area (Å²) in [5.74, 6) is 8.38. The highest BCUT2D eigenvalue weighted by molar-refractivity contribution is 5.79. The predicted molar refractivity (Wildman–Crippen MR) is 41.2 cm³/mol. The minimum Gasteiger partial charge on any atom is -0.267 e. The van der Waals surface area contributed by atoms with E-state index in [1.165, 1.54) is 5.01 Å². The van der Waals surface area contributed by atoms with Crippen LogP contribution in [-0.2, 0) is 0 Å². The summed E-state index contributed by atoms with van der Waals surface area (Å²) in [5.41, 5.74) is 5.44. The monoisotopic (exact) mass is 154 g/mol. The Morgan fingerprint density at radius 2 is 2.64 bits per heavy atom. The lowest BCUT2D eigenvalue weighted by Crippen LogP contribution is -2.48. The average molecular weight is 154 g/mol. The number of hydrazone groups is 1. The van der Waals surface area contributed by atoms with E-state index in [0.717, 1.165) is 0 Å². The summed E-state index contributed by atoms with van der Waals surface area (Å²) in [5, 5.41) is 6.71. The third kappa shape index (κ3) is 1.73. The van der Waals surface area contributed by atoms with Gasteiger partial charge in [0, 0.05) is 7.05 Å². The Morgan fingerprint density at radius 1 is 1.91 bits per heavy atom. The van der Waals surface area contributed by atoms with Crippen LogP contribution >= 0.6 is 0 Å². The molecule has 0 radical (unpaired) electrons. The molecule has 0 fully saturated rings. The normalized spacial score (nSPS) is 16.3. The summed E-state index contributed by atoms with van der Waals surface area (Å²) in [6.07, 6.45) is 5.04. The van der Waals surface area contributed by atoms with Gasteiger partial charge in [0.25, 0.3) is 0 Å². The summed E-state index contributed by atoms with van der Waals surface area (Å²) in [7, 11) is 1.76. The van der Waals surface area contributed by atoms with Crippen LogP contribution in [0.4, 0.5) is 0 Å². The molecule has 4 N–H and O–H groups in total. The summed E-state index contributed by atoms with van der Waals surface area (Å²) in [4.78, 5) is 0. The van der Waals surface area contributed by atoms with Crippen molar-refractivity contribution >= 4 is 5.96 Å². The highest BCUT2D eigenvalue weighted by Gasteiger charge is 2.13. The van der Waals surface area contributed by atoms with Crippen LogP contribution in [0.15, 0.2) is 5.10 Å². The fourth-order valence-corrected chi connectivity index (χ4v) is 0.624. The second-order valence-corrected chi connectivity index (χ2v) is 2.04. The van der Waals surface area contributed by atoms with Gasteiger partial charge in [-0.15, -0.1) is 16.6 Å². The van der Waals surface area contributed by atoms with Crippen molar-refractivity contribution in [2.75, 3.05) is 13.6 Å². The molecular weight excluding hydrogens is 144 g/mol. The Morgan fingerprint density at radius 3 is 3.09 bits per heavy atom. The molecule has 0 unspecified atom stereocenters. The van der Waals surface area contributed by atoms with Gasteiger partial charge in [-0.1, -0.05) is 5.92 Å². The van der Waals surface area contributed by atoms with Gasteiger partial charge in [-0.05, 0) is 0 Å². The van der Waals surface area contributed by atoms with Crippen molar-refractivity contribution in [2.45, 2.75) is 0 Å². The van der Waals surface area contributed by atoms with Crippen molar-refractivity contribution in [3.63, 3.8) is 0 Å². The number of rotatable bonds is 1. The molecule has 0 saturated carbocycles. The van der Waals surface area contributed by atoms with Crippen LogP contribution in [0, 0.1) is 12.3 Å². The standard InChI is InChI=1S/C5H10N6/c1-3-4-11(6)5-7-9-10(2)8-5/h1,9H,4,6H2,2H3,(H,7,8). The van der Waals surface area contributed by atoms with E-state index in [-0.39, 0.29) is 0 Å². The van der Waals surface area contributed by atoms with E-state index >= 15 is 0 Å². The lowest BCUT2D eigenvalue weighted by Gasteiger charge is -2.15. The van der Waals surface area contributed by atoms with E-state index in [4.69, 9.17) is 12.3 Å². The van der Waals surface area contributed by atoms with Gasteiger partial charge >= 0.3 is 0 Å². The number of nitrogens with one attached hydrogen (secondary N) is 2. The number of terminal acetylenes is 1. The van der Waals surface area contributed by atoms with E-state index in [0.29, 0.717) is 12.5 Å². The van der Waals surface area contributed by atoms with Gasteiger partial charge in [-0.25, -0.2) is 11.4 Å². The molecule has 0 aromatic heterocycles. The molecule has 0 atom stereocenters. The SMILES string of the molecule is C#CCN(N)C1=NNN(C)N1. The summed E-state index contributed by atoms with van der Waals surface area (Å²) in [6.45, 7) is 0.321. The van der Waals surface area contributed by atoms with Gasteiger partial charge in [0.1, 0.15) is 0 Å². The van der Waals surface area contributed by atoms with Crippen molar-refractivity contribution < 1.29 is 0 Å². The maximum absolute atomic E-state index is 5.48. The number of guanidine groups is 1. The van der Waals surface area contributed by atoms with E-state index in [1.807, 2.05) is 0 Å². The molecule has 0 spiro atoms. The Balaban J connectivity index is 2.44. The maximum Gasteiger partial charge on any atom is 0.249 e. The zero-order valence-corrected chi connectivity index (χ0v) is 6.20. The third-order valence-corrected chi connectivity index (χ3v) is 1.11. The van der Waals surface area contributed by atoms with Crippen LogP contribution in [0.2, 0.25) is 0 Å². The number of hydrogen-bond donors (Lipinski definition) is 3. The zero-order valence-electron chi connectivity index (χ0n) is 6.20. The summed E-state index contributed by atoms with van der Waals surface area (Å²) < 4.78 is 0. The first-order valence-electron chi connectivity index (χ1n) is 3.03. The van der Waals surface area contributed by atoms with Gasteiger partial charge in [0.05, 0.1) is 6.54 Å². The molecule has 0 aromatic rings. The maximum atomic E-state index is 5.48. The number of hydrogen-bond acceptors (Lipinski definition) is 6. The predicted octanol–water partition coefficient (Wildman–Crippen LogP) is -1.98. The quantitative estimate of drug-likeness (QED) is 0.232. The summed E-state index contributed by atoms with van der Waals surface area (Å²) in [6, 6.07) is 0. The van der Waals surface area contributed by atoms with E-state index in [2.05, 4.69) is 22.0 Å². The van der Waals surface area contributed by atoms with Crippen molar-refractivity contribution in [1.29, 1.82) is 0 Å². The minimum atomic E-state index is 0.321. The van der Waals surface area contributed by atoms with Crippen LogP contribution in [0.3, 0.4) is 0 Å². The van der Waals surface area contributed by atoms with Crippen LogP contribution in [-0.4, -0.2) is 29.7 Å². The highest BCUT2D eigenvalue weighted by Crippen LogP contribution is 1.86. The first-order chi connectivity index (χ1) is 5.24. The Bertz CT molecular complexity index is 204. The second-order valence-electron chi connectivity index (χ2n) is 2.04. The molecule has 0 saturated heterocycles. The van der Waals surface area contributed by atoms with Crippen LogP contribution in [0.5, 0.6) is 0 Å². The Hall–Kier alpha value is -1.45. The van der Waals surface area contributed by atoms with Gasteiger partial charge < -0.3 is 0 Å². The van der Waals surface area contributed by atoms with E-state index < -0.39 is 0 Å². The molecule has 0 amide bonds. The Labute approximate surface area is 64.9 Å². The molecule has 0 aromatic carbocycles. The highest BCUT2D eigenvalue weighted by atomic mass is 15.9. The molecule has 11 heavy (non-hydrogen) atoms. The van der Waals surface area contributed by atoms with Crippen LogP contribution < -0.4 is 16.8 Å². The first-order valence-corrected chi connectivity index (χ1v) is 3.03. The molecule has 1 rings (SSSR count). The Kier molecular flexibility index (Phi) is 2.15. The minimum absolute atomic E-state index is 0.321. The van der Waals surface area contributed by atoms with Crippen LogP contribution in [0.25, 0.3) is 0 Å². The van der Waals surface area contributed by atoms with Crippen molar-refractivity contribution in [2.24, 2.45) is 10.9 Å². The lowest BCUT2D eigenvalue weighted by atomic mass is 10.6. The molecule has 6 nitrogen and oxygen atoms in total. The number of nitrogens with zero attached hydrogens (tertiary/aromatic N) is 3. The topological polar surface area (TPSA) is 68.9 Å². The molecular formula is C5H10N6. The second kappa shape index (κ2) is 3.09. The fourth-order valence-electron chi connectivity index (χ4n) is 0.624. The van der Waals surface area contributed by atoms with Crippen molar-refractivity contribution in [3.8, 4) is 12.3 Å². The van der Waals surface area contributed by atoms with Crippen molar-refractivity contribution in [1.82, 2.24) is 21.1 Å². The van der Waals surface area contributed by atoms with Crippen molar-refractivity contribution in [3.05, 3.63) is 0 Å². The first kappa shape index (κ1) is 7.65. The molecule has 1 aliphatic rings.